The molecule has 1 aromatic carbocycles. The van der Waals surface area contributed by atoms with Crippen molar-refractivity contribution in [1.29, 1.82) is 0 Å². The molecule has 26 heavy (non-hydrogen) atoms. The highest BCUT2D eigenvalue weighted by atomic mass is 79.9. The number of hydrogen-bond acceptors (Lipinski definition) is 3. The molecule has 0 spiro atoms. The second-order valence-corrected chi connectivity index (χ2v) is 9.73. The van der Waals surface area contributed by atoms with Gasteiger partial charge < -0.3 is 4.90 Å². The summed E-state index contributed by atoms with van der Waals surface area (Å²) in [5.74, 6) is -3.79. The topological polar surface area (TPSA) is 57.7 Å². The van der Waals surface area contributed by atoms with Gasteiger partial charge in [0.25, 0.3) is 5.92 Å². The number of sulfonamides is 1. The van der Waals surface area contributed by atoms with Gasteiger partial charge in [-0.3, -0.25) is 4.79 Å². The summed E-state index contributed by atoms with van der Waals surface area (Å²) >= 11 is 3.26. The maximum atomic E-state index is 13.6. The molecule has 9 heteroatoms. The van der Waals surface area contributed by atoms with E-state index in [1.54, 1.807) is 12.1 Å². The molecule has 144 valence electrons. The van der Waals surface area contributed by atoms with Crippen LogP contribution in [0.5, 0.6) is 0 Å². The van der Waals surface area contributed by atoms with Crippen molar-refractivity contribution in [2.24, 2.45) is 5.92 Å². The summed E-state index contributed by atoms with van der Waals surface area (Å²) < 4.78 is 54.8. The molecule has 1 aromatic rings. The number of halogens is 3. The molecule has 1 atom stereocenters. The third-order valence-electron chi connectivity index (χ3n) is 4.87. The van der Waals surface area contributed by atoms with Gasteiger partial charge in [-0.15, -0.1) is 0 Å². The highest BCUT2D eigenvalue weighted by Crippen LogP contribution is 2.30. The first-order valence-corrected chi connectivity index (χ1v) is 10.8. The molecule has 0 aliphatic carbocycles. The highest BCUT2D eigenvalue weighted by Gasteiger charge is 2.41. The zero-order valence-corrected chi connectivity index (χ0v) is 16.6. The largest absolute Gasteiger partial charge is 0.336 e. The number of nitrogens with zero attached hydrogens (tertiary/aromatic N) is 2. The first kappa shape index (κ1) is 19.7. The molecule has 2 aliphatic rings. The molecule has 0 bridgehead atoms. The Bertz CT molecular complexity index is 788. The van der Waals surface area contributed by atoms with Crippen LogP contribution in [0.1, 0.15) is 25.7 Å². The van der Waals surface area contributed by atoms with Gasteiger partial charge in [0.05, 0.1) is 17.4 Å². The van der Waals surface area contributed by atoms with Crippen molar-refractivity contribution in [3.63, 3.8) is 0 Å². The number of carbonyl (C=O) groups is 1. The molecule has 0 aromatic heterocycles. The van der Waals surface area contributed by atoms with Gasteiger partial charge in [-0.05, 0) is 37.5 Å². The molecular weight excluding hydrogens is 430 g/mol. The van der Waals surface area contributed by atoms with E-state index in [1.807, 2.05) is 0 Å². The molecule has 0 saturated carbocycles. The smallest absolute Gasteiger partial charge is 0.265 e. The lowest BCUT2D eigenvalue weighted by Gasteiger charge is -2.37. The van der Waals surface area contributed by atoms with E-state index < -0.39 is 28.4 Å². The highest BCUT2D eigenvalue weighted by molar-refractivity contribution is 9.10. The zero-order chi connectivity index (χ0) is 18.9. The van der Waals surface area contributed by atoms with Crippen LogP contribution in [0.3, 0.4) is 0 Å². The van der Waals surface area contributed by atoms with Gasteiger partial charge in [0, 0.05) is 30.5 Å². The number of rotatable bonds is 3. The van der Waals surface area contributed by atoms with Crippen molar-refractivity contribution >= 4 is 31.9 Å². The van der Waals surface area contributed by atoms with Crippen molar-refractivity contribution in [2.45, 2.75) is 36.5 Å². The lowest BCUT2D eigenvalue weighted by atomic mass is 9.96. The molecule has 1 unspecified atom stereocenters. The monoisotopic (exact) mass is 450 g/mol. The Morgan fingerprint density at radius 2 is 2.00 bits per heavy atom. The summed E-state index contributed by atoms with van der Waals surface area (Å²) in [6.07, 6.45) is 1.12. The van der Waals surface area contributed by atoms with E-state index in [2.05, 4.69) is 15.9 Å². The average molecular weight is 451 g/mol. The third-order valence-corrected chi connectivity index (χ3v) is 7.23. The van der Waals surface area contributed by atoms with Gasteiger partial charge in [0.15, 0.2) is 0 Å². The first-order chi connectivity index (χ1) is 12.2. The van der Waals surface area contributed by atoms with E-state index in [-0.39, 0.29) is 30.2 Å². The number of piperidine rings is 2. The normalized spacial score (nSPS) is 24.4. The molecule has 0 N–H and O–H groups in total. The predicted molar refractivity (Wildman–Crippen MR) is 96.4 cm³/mol. The lowest BCUT2D eigenvalue weighted by Crippen LogP contribution is -2.51. The van der Waals surface area contributed by atoms with E-state index in [0.29, 0.717) is 30.4 Å². The lowest BCUT2D eigenvalue weighted by molar-refractivity contribution is -0.147. The molecule has 2 aliphatic heterocycles. The number of amides is 1. The van der Waals surface area contributed by atoms with Crippen LogP contribution < -0.4 is 0 Å². The van der Waals surface area contributed by atoms with Crippen molar-refractivity contribution < 1.29 is 22.0 Å². The molecule has 2 fully saturated rings. The molecular formula is C17H21BrF2N2O3S. The molecule has 0 radical (unpaired) electrons. The average Bonchev–Trinajstić information content (AvgIpc) is 2.60. The summed E-state index contributed by atoms with van der Waals surface area (Å²) in [7, 11) is -3.72. The summed E-state index contributed by atoms with van der Waals surface area (Å²) in [5, 5.41) is 0. The summed E-state index contributed by atoms with van der Waals surface area (Å²) in [5.41, 5.74) is 0. The molecule has 2 heterocycles. The molecule has 3 rings (SSSR count). The summed E-state index contributed by atoms with van der Waals surface area (Å²) in [6.45, 7) is 0.106. The Kier molecular flexibility index (Phi) is 5.69. The van der Waals surface area contributed by atoms with Crippen LogP contribution in [0, 0.1) is 5.92 Å². The number of benzene rings is 1. The minimum Gasteiger partial charge on any atom is -0.336 e. The van der Waals surface area contributed by atoms with Crippen LogP contribution in [0.2, 0.25) is 0 Å². The van der Waals surface area contributed by atoms with Crippen LogP contribution in [0.4, 0.5) is 8.78 Å². The summed E-state index contributed by atoms with van der Waals surface area (Å²) in [6, 6.07) is 6.40. The van der Waals surface area contributed by atoms with E-state index in [0.717, 1.165) is 0 Å². The number of hydrogen-bond donors (Lipinski definition) is 0. The Morgan fingerprint density at radius 1 is 1.23 bits per heavy atom. The van der Waals surface area contributed by atoms with Gasteiger partial charge in [-0.2, -0.15) is 4.31 Å². The van der Waals surface area contributed by atoms with Crippen LogP contribution in [0.15, 0.2) is 33.6 Å². The van der Waals surface area contributed by atoms with Crippen LogP contribution in [0.25, 0.3) is 0 Å². The van der Waals surface area contributed by atoms with E-state index in [9.17, 15) is 22.0 Å². The molecule has 1 amide bonds. The fourth-order valence-corrected chi connectivity index (χ4v) is 5.67. The number of alkyl halides is 2. The Balaban J connectivity index is 1.74. The van der Waals surface area contributed by atoms with Crippen molar-refractivity contribution in [2.75, 3.05) is 26.2 Å². The standard InChI is InChI=1S/C17H21BrF2N2O3S/c18-14-5-1-6-15(10-14)26(24,25)22-9-2-4-13(11-22)16(23)21-8-3-7-17(19,20)12-21/h1,5-6,10,13H,2-4,7-9,11-12H2. The fourth-order valence-electron chi connectivity index (χ4n) is 3.55. The van der Waals surface area contributed by atoms with Crippen molar-refractivity contribution in [3.8, 4) is 0 Å². The van der Waals surface area contributed by atoms with Crippen molar-refractivity contribution in [3.05, 3.63) is 28.7 Å². The van der Waals surface area contributed by atoms with E-state index >= 15 is 0 Å². The van der Waals surface area contributed by atoms with E-state index in [1.165, 1.54) is 21.3 Å². The van der Waals surface area contributed by atoms with Crippen molar-refractivity contribution in [1.82, 2.24) is 9.21 Å². The second kappa shape index (κ2) is 7.52. The van der Waals surface area contributed by atoms with Gasteiger partial charge in [0.1, 0.15) is 0 Å². The second-order valence-electron chi connectivity index (χ2n) is 6.88. The SMILES string of the molecule is O=C(C1CCCN(S(=O)(=O)c2cccc(Br)c2)C1)N1CCCC(F)(F)C1. The van der Waals surface area contributed by atoms with Gasteiger partial charge >= 0.3 is 0 Å². The maximum Gasteiger partial charge on any atom is 0.265 e. The van der Waals surface area contributed by atoms with Gasteiger partial charge in [0.2, 0.25) is 15.9 Å². The van der Waals surface area contributed by atoms with Crippen LogP contribution >= 0.6 is 15.9 Å². The van der Waals surface area contributed by atoms with Crippen LogP contribution in [-0.4, -0.2) is 55.6 Å². The summed E-state index contributed by atoms with van der Waals surface area (Å²) in [4.78, 5) is 14.0. The maximum absolute atomic E-state index is 13.6. The predicted octanol–water partition coefficient (Wildman–Crippen LogP) is 3.11. The minimum absolute atomic E-state index is 0.0375. The Hall–Kier alpha value is -1.06. The molecule has 5 nitrogen and oxygen atoms in total. The third kappa shape index (κ3) is 4.26. The van der Waals surface area contributed by atoms with Gasteiger partial charge in [-0.25, -0.2) is 17.2 Å². The molecule has 2 saturated heterocycles. The Labute approximate surface area is 160 Å². The number of carbonyl (C=O) groups excluding carboxylic acids is 1. The minimum atomic E-state index is -3.72. The Morgan fingerprint density at radius 3 is 2.69 bits per heavy atom. The fraction of sp³-hybridized carbons (Fsp3) is 0.588. The first-order valence-electron chi connectivity index (χ1n) is 8.61. The number of likely N-dealkylation sites (tertiary alicyclic amines) is 1. The van der Waals surface area contributed by atoms with E-state index in [4.69, 9.17) is 0 Å². The zero-order valence-electron chi connectivity index (χ0n) is 14.2. The van der Waals surface area contributed by atoms with Crippen LogP contribution in [-0.2, 0) is 14.8 Å². The van der Waals surface area contributed by atoms with Gasteiger partial charge in [-0.1, -0.05) is 22.0 Å². The quantitative estimate of drug-likeness (QED) is 0.710.